The third kappa shape index (κ3) is 3.87. The van der Waals surface area contributed by atoms with Crippen LogP contribution in [0.4, 0.5) is 11.4 Å². The standard InChI is InChI=1S/C18H14N4O2S/c19-12-20-18(21-13-7-3-1-4-8-13)25-15-11-16(23)22(17(15)24)14-9-5-2-6-10-14/h1-10,15H,11H2,(H,20,21)/t15-/m0/s1. The van der Waals surface area contributed by atoms with Gasteiger partial charge in [-0.2, -0.15) is 5.26 Å². The van der Waals surface area contributed by atoms with Crippen LogP contribution < -0.4 is 10.2 Å². The summed E-state index contributed by atoms with van der Waals surface area (Å²) in [4.78, 5) is 30.4. The molecule has 1 N–H and O–H groups in total. The van der Waals surface area contributed by atoms with Crippen LogP contribution in [0.25, 0.3) is 0 Å². The van der Waals surface area contributed by atoms with Gasteiger partial charge in [0.2, 0.25) is 11.8 Å². The number of hydrogen-bond acceptors (Lipinski definition) is 5. The first kappa shape index (κ1) is 16.7. The molecule has 0 saturated carbocycles. The number of amides is 2. The number of para-hydroxylation sites is 2. The van der Waals surface area contributed by atoms with Crippen molar-refractivity contribution < 1.29 is 9.59 Å². The van der Waals surface area contributed by atoms with E-state index in [0.717, 1.165) is 11.8 Å². The number of thioether (sulfide) groups is 1. The number of amidine groups is 1. The predicted molar refractivity (Wildman–Crippen MR) is 97.2 cm³/mol. The van der Waals surface area contributed by atoms with Crippen LogP contribution in [0, 0.1) is 11.5 Å². The molecule has 2 aromatic carbocycles. The van der Waals surface area contributed by atoms with Crippen LogP contribution in [0.2, 0.25) is 0 Å². The highest BCUT2D eigenvalue weighted by atomic mass is 32.2. The van der Waals surface area contributed by atoms with E-state index in [-0.39, 0.29) is 23.4 Å². The number of rotatable bonds is 3. The van der Waals surface area contributed by atoms with Gasteiger partial charge in [-0.15, -0.1) is 0 Å². The maximum Gasteiger partial charge on any atom is 0.247 e. The van der Waals surface area contributed by atoms with Gasteiger partial charge in [0, 0.05) is 6.42 Å². The van der Waals surface area contributed by atoms with E-state index in [1.54, 1.807) is 36.4 Å². The van der Waals surface area contributed by atoms with Crippen molar-refractivity contribution in [1.82, 2.24) is 5.32 Å². The molecule has 124 valence electrons. The lowest BCUT2D eigenvalue weighted by atomic mass is 10.3. The van der Waals surface area contributed by atoms with E-state index in [4.69, 9.17) is 5.26 Å². The fraction of sp³-hybridized carbons (Fsp3) is 0.111. The van der Waals surface area contributed by atoms with Crippen molar-refractivity contribution >= 4 is 40.1 Å². The van der Waals surface area contributed by atoms with E-state index in [0.29, 0.717) is 11.4 Å². The van der Waals surface area contributed by atoms with Gasteiger partial charge in [-0.25, -0.2) is 9.89 Å². The summed E-state index contributed by atoms with van der Waals surface area (Å²) in [6.45, 7) is 0. The third-order valence-corrected chi connectivity index (χ3v) is 4.59. The van der Waals surface area contributed by atoms with Crippen LogP contribution in [-0.4, -0.2) is 22.2 Å². The molecule has 0 unspecified atom stereocenters. The van der Waals surface area contributed by atoms with Crippen molar-refractivity contribution in [2.45, 2.75) is 11.7 Å². The normalized spacial score (nSPS) is 17.5. The molecule has 6 nitrogen and oxygen atoms in total. The second kappa shape index (κ2) is 7.64. The highest BCUT2D eigenvalue weighted by Crippen LogP contribution is 2.30. The molecule has 0 radical (unpaired) electrons. The molecule has 1 aliphatic rings. The monoisotopic (exact) mass is 350 g/mol. The molecule has 2 aromatic rings. The molecule has 7 heteroatoms. The molecule has 0 bridgehead atoms. The molecule has 1 saturated heterocycles. The van der Waals surface area contributed by atoms with Gasteiger partial charge in [0.05, 0.1) is 11.4 Å². The Balaban J connectivity index is 1.80. The smallest absolute Gasteiger partial charge is 0.247 e. The zero-order valence-corrected chi connectivity index (χ0v) is 13.9. The van der Waals surface area contributed by atoms with Crippen LogP contribution in [0.1, 0.15) is 6.42 Å². The average molecular weight is 350 g/mol. The van der Waals surface area contributed by atoms with E-state index >= 15 is 0 Å². The van der Waals surface area contributed by atoms with Gasteiger partial charge in [-0.05, 0) is 24.3 Å². The van der Waals surface area contributed by atoms with E-state index in [1.807, 2.05) is 30.5 Å². The first-order valence-corrected chi connectivity index (χ1v) is 8.44. The molecule has 0 aliphatic carbocycles. The number of carbonyl (C=O) groups is 2. The summed E-state index contributed by atoms with van der Waals surface area (Å²) < 4.78 is 0. The van der Waals surface area contributed by atoms with Crippen molar-refractivity contribution in [2.24, 2.45) is 4.99 Å². The number of nitriles is 1. The Morgan fingerprint density at radius 3 is 2.40 bits per heavy atom. The largest absolute Gasteiger partial charge is 0.274 e. The fourth-order valence-electron chi connectivity index (χ4n) is 2.43. The van der Waals surface area contributed by atoms with Gasteiger partial charge < -0.3 is 0 Å². The van der Waals surface area contributed by atoms with E-state index in [1.165, 1.54) is 4.90 Å². The second-order valence-corrected chi connectivity index (χ2v) is 6.39. The predicted octanol–water partition coefficient (Wildman–Crippen LogP) is 2.81. The molecule has 1 aliphatic heterocycles. The maximum atomic E-state index is 12.6. The van der Waals surface area contributed by atoms with Gasteiger partial charge in [0.25, 0.3) is 0 Å². The number of imide groups is 1. The van der Waals surface area contributed by atoms with Gasteiger partial charge >= 0.3 is 0 Å². The molecular weight excluding hydrogens is 336 g/mol. The Morgan fingerprint density at radius 1 is 1.12 bits per heavy atom. The van der Waals surface area contributed by atoms with Crippen LogP contribution in [0.3, 0.4) is 0 Å². The van der Waals surface area contributed by atoms with Crippen LogP contribution >= 0.6 is 11.8 Å². The number of benzene rings is 2. The zero-order valence-electron chi connectivity index (χ0n) is 13.1. The highest BCUT2D eigenvalue weighted by molar-refractivity contribution is 8.15. The van der Waals surface area contributed by atoms with Crippen LogP contribution in [0.15, 0.2) is 65.7 Å². The minimum Gasteiger partial charge on any atom is -0.274 e. The summed E-state index contributed by atoms with van der Waals surface area (Å²) in [5.41, 5.74) is 1.21. The Morgan fingerprint density at radius 2 is 1.76 bits per heavy atom. The highest BCUT2D eigenvalue weighted by Gasteiger charge is 2.40. The van der Waals surface area contributed by atoms with E-state index in [2.05, 4.69) is 10.3 Å². The maximum absolute atomic E-state index is 12.6. The summed E-state index contributed by atoms with van der Waals surface area (Å²) in [6, 6.07) is 17.9. The van der Waals surface area contributed by atoms with Crippen molar-refractivity contribution in [3.05, 3.63) is 60.7 Å². The minimum absolute atomic E-state index is 0.0688. The molecule has 0 spiro atoms. The second-order valence-electron chi connectivity index (χ2n) is 5.20. The van der Waals surface area contributed by atoms with Gasteiger partial charge in [-0.1, -0.05) is 48.2 Å². The summed E-state index contributed by atoms with van der Waals surface area (Å²) in [7, 11) is 0. The summed E-state index contributed by atoms with van der Waals surface area (Å²) in [5, 5.41) is 11.1. The molecule has 1 atom stereocenters. The summed E-state index contributed by atoms with van der Waals surface area (Å²) in [5.74, 6) is -0.563. The van der Waals surface area contributed by atoms with Crippen molar-refractivity contribution in [3.8, 4) is 6.19 Å². The molecular formula is C18H14N4O2S. The number of aliphatic imine (C=N–C) groups is 1. The molecule has 0 aromatic heterocycles. The van der Waals surface area contributed by atoms with E-state index in [9.17, 15) is 9.59 Å². The van der Waals surface area contributed by atoms with Gasteiger partial charge in [0.15, 0.2) is 11.4 Å². The lowest BCUT2D eigenvalue weighted by Gasteiger charge is -2.14. The van der Waals surface area contributed by atoms with Crippen molar-refractivity contribution in [2.75, 3.05) is 4.90 Å². The number of nitrogens with one attached hydrogen (secondary N) is 1. The zero-order chi connectivity index (χ0) is 17.6. The molecule has 1 fully saturated rings. The quantitative estimate of drug-likeness (QED) is 0.302. The Bertz CT molecular complexity index is 846. The number of carbonyl (C=O) groups excluding carboxylic acids is 2. The molecule has 3 rings (SSSR count). The molecule has 25 heavy (non-hydrogen) atoms. The van der Waals surface area contributed by atoms with Crippen molar-refractivity contribution in [3.63, 3.8) is 0 Å². The van der Waals surface area contributed by atoms with Crippen molar-refractivity contribution in [1.29, 1.82) is 5.26 Å². The Labute approximate surface area is 149 Å². The van der Waals surface area contributed by atoms with Gasteiger partial charge in [-0.3, -0.25) is 14.9 Å². The van der Waals surface area contributed by atoms with Crippen LogP contribution in [0.5, 0.6) is 0 Å². The lowest BCUT2D eigenvalue weighted by Crippen LogP contribution is -2.32. The number of hydrogen-bond donors (Lipinski definition) is 1. The lowest BCUT2D eigenvalue weighted by molar-refractivity contribution is -0.121. The first-order valence-electron chi connectivity index (χ1n) is 7.56. The topological polar surface area (TPSA) is 85.6 Å². The summed E-state index contributed by atoms with van der Waals surface area (Å²) in [6.07, 6.45) is 1.89. The molecule has 2 amide bonds. The number of anilines is 1. The summed E-state index contributed by atoms with van der Waals surface area (Å²) >= 11 is 1.09. The van der Waals surface area contributed by atoms with Gasteiger partial charge in [0.1, 0.15) is 5.25 Å². The Kier molecular flexibility index (Phi) is 5.11. The van der Waals surface area contributed by atoms with E-state index < -0.39 is 5.25 Å². The fourth-order valence-corrected chi connectivity index (χ4v) is 3.39. The molecule has 1 heterocycles. The average Bonchev–Trinajstić information content (AvgIpc) is 2.90. The minimum atomic E-state index is -0.615. The first-order chi connectivity index (χ1) is 12.2. The Hall–Kier alpha value is -3.11. The number of nitrogens with zero attached hydrogens (tertiary/aromatic N) is 3. The van der Waals surface area contributed by atoms with Crippen LogP contribution in [-0.2, 0) is 9.59 Å². The SMILES string of the molecule is N#CNC(=Nc1ccccc1)S[C@H]1CC(=O)N(c2ccccc2)C1=O. The third-order valence-electron chi connectivity index (χ3n) is 3.52.